The molecule has 0 aromatic heterocycles. The smallest absolute Gasteiger partial charge is 0.211 e. The number of anilines is 2. The number of piperidine rings is 1. The Morgan fingerprint density at radius 1 is 1.26 bits per heavy atom. The highest BCUT2D eigenvalue weighted by Crippen LogP contribution is 2.32. The lowest BCUT2D eigenvalue weighted by Gasteiger charge is -2.34. The maximum Gasteiger partial charge on any atom is 0.211 e. The van der Waals surface area contributed by atoms with E-state index in [2.05, 4.69) is 5.32 Å². The van der Waals surface area contributed by atoms with Gasteiger partial charge < -0.3 is 19.5 Å². The van der Waals surface area contributed by atoms with Crippen LogP contribution in [-0.2, 0) is 21.7 Å². The summed E-state index contributed by atoms with van der Waals surface area (Å²) >= 11 is -1.06. The topological polar surface area (TPSA) is 64.6 Å². The number of benzene rings is 2. The van der Waals surface area contributed by atoms with E-state index in [1.807, 2.05) is 13.0 Å². The lowest BCUT2D eigenvalue weighted by molar-refractivity contribution is -0.105. The Morgan fingerprint density at radius 2 is 1.94 bits per heavy atom. The van der Waals surface area contributed by atoms with Crippen molar-refractivity contribution in [3.8, 4) is 5.75 Å². The van der Waals surface area contributed by atoms with Crippen molar-refractivity contribution in [1.82, 2.24) is 0 Å². The zero-order valence-corrected chi connectivity index (χ0v) is 18.6. The minimum absolute atomic E-state index is 0.0435. The second-order valence-electron chi connectivity index (χ2n) is 7.74. The number of nitrogens with zero attached hydrogens (tertiary/aromatic N) is 1. The van der Waals surface area contributed by atoms with Gasteiger partial charge in [-0.15, -0.1) is 0 Å². The molecular formula is C23H28F2N2O3S. The summed E-state index contributed by atoms with van der Waals surface area (Å²) in [6.45, 7) is 5.06. The minimum Gasteiger partial charge on any atom is -0.616 e. The first-order valence-corrected chi connectivity index (χ1v) is 11.9. The molecule has 31 heavy (non-hydrogen) atoms. The number of hydrogen-bond donors (Lipinski definition) is 1. The zero-order valence-electron chi connectivity index (χ0n) is 17.8. The molecule has 1 unspecified atom stereocenters. The molecule has 0 bridgehead atoms. The summed E-state index contributed by atoms with van der Waals surface area (Å²) in [4.78, 5) is 12.7. The van der Waals surface area contributed by atoms with E-state index < -0.39 is 22.8 Å². The quantitative estimate of drug-likeness (QED) is 0.454. The molecule has 0 saturated carbocycles. The van der Waals surface area contributed by atoms with Gasteiger partial charge in [-0.1, -0.05) is 6.07 Å². The van der Waals surface area contributed by atoms with Gasteiger partial charge >= 0.3 is 0 Å². The van der Waals surface area contributed by atoms with Gasteiger partial charge in [0.2, 0.25) is 6.41 Å². The van der Waals surface area contributed by atoms with Gasteiger partial charge in [-0.3, -0.25) is 4.79 Å². The summed E-state index contributed by atoms with van der Waals surface area (Å²) in [5.41, 5.74) is 1.92. The summed E-state index contributed by atoms with van der Waals surface area (Å²) in [7, 11) is 0. The van der Waals surface area contributed by atoms with E-state index in [1.54, 1.807) is 24.0 Å². The third-order valence-electron chi connectivity index (χ3n) is 5.54. The molecule has 1 N–H and O–H groups in total. The van der Waals surface area contributed by atoms with E-state index in [0.29, 0.717) is 54.6 Å². The van der Waals surface area contributed by atoms with E-state index in [0.717, 1.165) is 18.4 Å². The Kier molecular flexibility index (Phi) is 8.15. The summed E-state index contributed by atoms with van der Waals surface area (Å²) in [6, 6.07) is 8.06. The summed E-state index contributed by atoms with van der Waals surface area (Å²) in [5.74, 6) is 0.597. The predicted octanol–water partition coefficient (Wildman–Crippen LogP) is 4.41. The van der Waals surface area contributed by atoms with Crippen LogP contribution in [0.25, 0.3) is 0 Å². The molecule has 1 atom stereocenters. The van der Waals surface area contributed by atoms with Crippen LogP contribution in [0, 0.1) is 24.5 Å². The van der Waals surface area contributed by atoms with Crippen molar-refractivity contribution < 1.29 is 22.9 Å². The van der Waals surface area contributed by atoms with E-state index >= 15 is 0 Å². The van der Waals surface area contributed by atoms with Gasteiger partial charge in [-0.2, -0.15) is 0 Å². The molecule has 2 aromatic rings. The highest BCUT2D eigenvalue weighted by atomic mass is 32.2. The van der Waals surface area contributed by atoms with Crippen LogP contribution in [0.2, 0.25) is 0 Å². The van der Waals surface area contributed by atoms with Gasteiger partial charge in [0.25, 0.3) is 0 Å². The Morgan fingerprint density at radius 3 is 2.55 bits per heavy atom. The SMILES string of the molecule is CC[S+]([O-])Cc1c(NC=O)cccc1OCC1CCN(c2c(F)cc(C)cc2F)CC1. The fourth-order valence-corrected chi connectivity index (χ4v) is 4.66. The van der Waals surface area contributed by atoms with Gasteiger partial charge in [-0.25, -0.2) is 8.78 Å². The fraction of sp³-hybridized carbons (Fsp3) is 0.435. The standard InChI is InChI=1S/C23H28F2N2O3S/c1-3-31(29)14-18-21(26-15-28)5-4-6-22(18)30-13-17-7-9-27(10-8-17)23-19(24)11-16(2)12-20(23)25/h4-6,11-12,15,17H,3,7-10,13-14H2,1-2H3,(H,26,28). The minimum atomic E-state index is -1.06. The Labute approximate surface area is 185 Å². The first-order valence-electron chi connectivity index (χ1n) is 10.4. The second kappa shape index (κ2) is 10.8. The fourth-order valence-electron chi connectivity index (χ4n) is 3.84. The van der Waals surface area contributed by atoms with Crippen molar-refractivity contribution in [3.05, 3.63) is 53.1 Å². The van der Waals surface area contributed by atoms with Crippen LogP contribution in [0.15, 0.2) is 30.3 Å². The Bertz CT molecular complexity index is 881. The van der Waals surface area contributed by atoms with Crippen LogP contribution >= 0.6 is 0 Å². The Hall–Kier alpha value is -2.32. The van der Waals surface area contributed by atoms with Gasteiger partial charge in [0.15, 0.2) is 0 Å². The molecule has 1 heterocycles. The third kappa shape index (κ3) is 5.89. The summed E-state index contributed by atoms with van der Waals surface area (Å²) < 4.78 is 46.7. The van der Waals surface area contributed by atoms with Crippen molar-refractivity contribution in [2.24, 2.45) is 5.92 Å². The molecule has 0 aliphatic carbocycles. The van der Waals surface area contributed by atoms with Crippen molar-refractivity contribution in [2.45, 2.75) is 32.4 Å². The van der Waals surface area contributed by atoms with Crippen molar-refractivity contribution in [2.75, 3.05) is 35.7 Å². The first kappa shape index (κ1) is 23.3. The number of amides is 1. The number of halogens is 2. The van der Waals surface area contributed by atoms with Crippen LogP contribution in [0.4, 0.5) is 20.2 Å². The van der Waals surface area contributed by atoms with Crippen molar-refractivity contribution in [3.63, 3.8) is 0 Å². The molecule has 1 saturated heterocycles. The molecule has 1 fully saturated rings. The van der Waals surface area contributed by atoms with E-state index in [1.165, 1.54) is 12.1 Å². The molecular weight excluding hydrogens is 422 g/mol. The highest BCUT2D eigenvalue weighted by molar-refractivity contribution is 7.90. The van der Waals surface area contributed by atoms with E-state index in [4.69, 9.17) is 4.74 Å². The molecule has 5 nitrogen and oxygen atoms in total. The zero-order chi connectivity index (χ0) is 22.4. The molecule has 168 valence electrons. The van der Waals surface area contributed by atoms with E-state index in [-0.39, 0.29) is 11.6 Å². The number of aryl methyl sites for hydroxylation is 1. The van der Waals surface area contributed by atoms with Gasteiger partial charge in [0.05, 0.1) is 17.9 Å². The van der Waals surface area contributed by atoms with Crippen LogP contribution in [0.5, 0.6) is 5.75 Å². The van der Waals surface area contributed by atoms with Crippen LogP contribution in [-0.4, -0.2) is 36.4 Å². The number of rotatable bonds is 9. The monoisotopic (exact) mass is 450 g/mol. The second-order valence-corrected chi connectivity index (χ2v) is 9.48. The molecule has 0 spiro atoms. The molecule has 2 aromatic carbocycles. The normalized spacial score (nSPS) is 15.6. The van der Waals surface area contributed by atoms with Crippen molar-refractivity contribution in [1.29, 1.82) is 0 Å². The maximum absolute atomic E-state index is 14.3. The van der Waals surface area contributed by atoms with Gasteiger partial charge in [-0.05, 0) is 73.6 Å². The Balaban J connectivity index is 1.63. The molecule has 1 amide bonds. The van der Waals surface area contributed by atoms with Crippen LogP contribution in [0.3, 0.4) is 0 Å². The first-order chi connectivity index (χ1) is 14.9. The molecule has 0 radical (unpaired) electrons. The van der Waals surface area contributed by atoms with E-state index in [9.17, 15) is 18.1 Å². The lowest BCUT2D eigenvalue weighted by atomic mass is 9.97. The third-order valence-corrected chi connectivity index (χ3v) is 6.80. The number of hydrogen-bond acceptors (Lipinski definition) is 4. The number of nitrogens with one attached hydrogen (secondary N) is 1. The number of ether oxygens (including phenoxy) is 1. The van der Waals surface area contributed by atoms with Crippen molar-refractivity contribution >= 4 is 29.0 Å². The van der Waals surface area contributed by atoms with Crippen LogP contribution < -0.4 is 15.0 Å². The predicted molar refractivity (Wildman–Crippen MR) is 120 cm³/mol. The largest absolute Gasteiger partial charge is 0.616 e. The molecule has 1 aliphatic rings. The summed E-state index contributed by atoms with van der Waals surface area (Å²) in [6.07, 6.45) is 2.08. The molecule has 3 rings (SSSR count). The maximum atomic E-state index is 14.3. The average molecular weight is 451 g/mol. The number of carbonyl (C=O) groups excluding carboxylic acids is 1. The molecule has 1 aliphatic heterocycles. The van der Waals surface area contributed by atoms with Gasteiger partial charge in [0.1, 0.15) is 34.6 Å². The van der Waals surface area contributed by atoms with Gasteiger partial charge in [0, 0.05) is 13.1 Å². The summed E-state index contributed by atoms with van der Waals surface area (Å²) in [5, 5.41) is 2.65. The lowest BCUT2D eigenvalue weighted by Crippen LogP contribution is -2.36. The number of carbonyl (C=O) groups is 1. The van der Waals surface area contributed by atoms with Crippen LogP contribution in [0.1, 0.15) is 30.9 Å². The molecule has 8 heteroatoms. The average Bonchev–Trinajstić information content (AvgIpc) is 2.74. The highest BCUT2D eigenvalue weighted by Gasteiger charge is 2.25.